The van der Waals surface area contributed by atoms with Crippen LogP contribution in [-0.4, -0.2) is 25.2 Å². The smallest absolute Gasteiger partial charge is 0.243 e. The Morgan fingerprint density at radius 3 is 2.48 bits per heavy atom. The minimum atomic E-state index is -3.86. The summed E-state index contributed by atoms with van der Waals surface area (Å²) in [6.45, 7) is -0.368. The van der Waals surface area contributed by atoms with Gasteiger partial charge in [0.05, 0.1) is 24.2 Å². The van der Waals surface area contributed by atoms with Gasteiger partial charge in [-0.25, -0.2) is 8.42 Å². The van der Waals surface area contributed by atoms with Crippen molar-refractivity contribution in [2.45, 2.75) is 11.4 Å². The molecule has 0 saturated carbocycles. The molecule has 140 valence electrons. The monoisotopic (exact) mass is 496 g/mol. The number of nitrogens with zero attached hydrogens (tertiary/aromatic N) is 1. The van der Waals surface area contributed by atoms with Crippen LogP contribution >= 0.6 is 22.6 Å². The van der Waals surface area contributed by atoms with Gasteiger partial charge in [0, 0.05) is 9.26 Å². The van der Waals surface area contributed by atoms with Crippen molar-refractivity contribution in [3.63, 3.8) is 0 Å². The first-order valence-corrected chi connectivity index (χ1v) is 10.6. The molecule has 1 aromatic heterocycles. The first-order chi connectivity index (χ1) is 12.9. The molecule has 27 heavy (non-hydrogen) atoms. The molecule has 0 unspecified atom stereocenters. The molecule has 0 fully saturated rings. The third kappa shape index (κ3) is 5.18. The van der Waals surface area contributed by atoms with Crippen LogP contribution in [0.5, 0.6) is 0 Å². The number of sulfonamides is 1. The van der Waals surface area contributed by atoms with E-state index in [0.717, 1.165) is 7.88 Å². The van der Waals surface area contributed by atoms with Crippen molar-refractivity contribution < 1.29 is 17.6 Å². The highest BCUT2D eigenvalue weighted by molar-refractivity contribution is 14.1. The molecule has 2 aromatic carbocycles. The maximum absolute atomic E-state index is 13.0. The Labute approximate surface area is 171 Å². The van der Waals surface area contributed by atoms with Crippen LogP contribution in [0, 0.1) is 3.57 Å². The molecule has 0 aliphatic carbocycles. The van der Waals surface area contributed by atoms with E-state index in [1.807, 2.05) is 12.1 Å². The van der Waals surface area contributed by atoms with E-state index in [9.17, 15) is 13.2 Å². The van der Waals surface area contributed by atoms with Crippen molar-refractivity contribution in [3.8, 4) is 0 Å². The van der Waals surface area contributed by atoms with Gasteiger partial charge in [0.25, 0.3) is 0 Å². The molecule has 3 rings (SSSR count). The van der Waals surface area contributed by atoms with Gasteiger partial charge >= 0.3 is 0 Å². The van der Waals surface area contributed by atoms with Gasteiger partial charge in [-0.2, -0.15) is 4.31 Å². The summed E-state index contributed by atoms with van der Waals surface area (Å²) in [6.07, 6.45) is 1.47. The minimum absolute atomic E-state index is 0.0377. The molecule has 1 N–H and O–H groups in total. The molecule has 0 aliphatic rings. The number of rotatable bonds is 7. The van der Waals surface area contributed by atoms with Gasteiger partial charge < -0.3 is 9.73 Å². The van der Waals surface area contributed by atoms with E-state index < -0.39 is 15.9 Å². The number of hydrogen-bond acceptors (Lipinski definition) is 4. The first kappa shape index (κ1) is 19.6. The number of anilines is 1. The fourth-order valence-corrected chi connectivity index (χ4v) is 4.40. The molecule has 0 spiro atoms. The molecule has 3 aromatic rings. The topological polar surface area (TPSA) is 79.6 Å². The van der Waals surface area contributed by atoms with Crippen molar-refractivity contribution in [3.05, 3.63) is 82.3 Å². The normalized spacial score (nSPS) is 11.5. The fourth-order valence-electron chi connectivity index (χ4n) is 2.47. The number of furan rings is 1. The van der Waals surface area contributed by atoms with E-state index in [1.165, 1.54) is 18.4 Å². The van der Waals surface area contributed by atoms with Crippen molar-refractivity contribution in [1.82, 2.24) is 4.31 Å². The molecular formula is C19H17IN2O4S. The number of nitrogens with one attached hydrogen (secondary N) is 1. The van der Waals surface area contributed by atoms with Crippen LogP contribution in [0.2, 0.25) is 0 Å². The number of carbonyl (C=O) groups excluding carboxylic acids is 1. The quantitative estimate of drug-likeness (QED) is 0.506. The average Bonchev–Trinajstić information content (AvgIpc) is 3.15. The molecule has 0 radical (unpaired) electrons. The zero-order chi connectivity index (χ0) is 19.3. The van der Waals surface area contributed by atoms with Crippen molar-refractivity contribution in [2.75, 3.05) is 11.9 Å². The number of halogens is 1. The molecule has 0 atom stereocenters. The summed E-state index contributed by atoms with van der Waals surface area (Å²) in [6, 6.07) is 18.7. The fraction of sp³-hybridized carbons (Fsp3) is 0.105. The van der Waals surface area contributed by atoms with Crippen LogP contribution in [0.4, 0.5) is 5.69 Å². The van der Waals surface area contributed by atoms with Crippen molar-refractivity contribution in [2.24, 2.45) is 0 Å². The molecule has 8 heteroatoms. The summed E-state index contributed by atoms with van der Waals surface area (Å²) in [5.74, 6) is 0.0274. The summed E-state index contributed by atoms with van der Waals surface area (Å²) in [5.41, 5.74) is 0.613. The Kier molecular flexibility index (Phi) is 6.30. The predicted octanol–water partition coefficient (Wildman–Crippen LogP) is 3.71. The second-order valence-corrected chi connectivity index (χ2v) is 8.91. The molecule has 0 bridgehead atoms. The van der Waals surface area contributed by atoms with E-state index in [2.05, 4.69) is 27.9 Å². The van der Waals surface area contributed by atoms with Gasteiger partial charge in [0.2, 0.25) is 15.9 Å². The maximum Gasteiger partial charge on any atom is 0.243 e. The zero-order valence-electron chi connectivity index (χ0n) is 14.2. The Morgan fingerprint density at radius 2 is 1.81 bits per heavy atom. The van der Waals surface area contributed by atoms with E-state index in [1.54, 1.807) is 42.5 Å². The molecule has 0 saturated heterocycles. The molecule has 1 heterocycles. The van der Waals surface area contributed by atoms with E-state index in [4.69, 9.17) is 4.42 Å². The maximum atomic E-state index is 13.0. The van der Waals surface area contributed by atoms with Gasteiger partial charge in [-0.15, -0.1) is 0 Å². The molecule has 6 nitrogen and oxygen atoms in total. The van der Waals surface area contributed by atoms with Gasteiger partial charge in [0.1, 0.15) is 5.76 Å². The Morgan fingerprint density at radius 1 is 1.04 bits per heavy atom. The van der Waals surface area contributed by atoms with Crippen LogP contribution in [0.15, 0.2) is 82.3 Å². The van der Waals surface area contributed by atoms with Crippen molar-refractivity contribution >= 4 is 44.2 Å². The first-order valence-electron chi connectivity index (χ1n) is 8.08. The van der Waals surface area contributed by atoms with Gasteiger partial charge in [-0.05, 0) is 65.1 Å². The number of amides is 1. The number of benzene rings is 2. The van der Waals surface area contributed by atoms with Gasteiger partial charge in [-0.1, -0.05) is 24.3 Å². The van der Waals surface area contributed by atoms with E-state index >= 15 is 0 Å². The second-order valence-electron chi connectivity index (χ2n) is 5.72. The SMILES string of the molecule is O=C(CN(Cc1ccco1)S(=O)(=O)c1ccccc1)Nc1cccc(I)c1. The van der Waals surface area contributed by atoms with E-state index in [-0.39, 0.29) is 18.0 Å². The third-order valence-corrected chi connectivity index (χ3v) is 6.20. The molecule has 1 amide bonds. The lowest BCUT2D eigenvalue weighted by molar-refractivity contribution is -0.116. The highest BCUT2D eigenvalue weighted by atomic mass is 127. The summed E-state index contributed by atoms with van der Waals surface area (Å²) in [7, 11) is -3.86. The van der Waals surface area contributed by atoms with Crippen LogP contribution in [0.3, 0.4) is 0 Å². The Hall–Kier alpha value is -2.17. The second kappa shape index (κ2) is 8.68. The Balaban J connectivity index is 1.82. The molecular weight excluding hydrogens is 479 g/mol. The predicted molar refractivity (Wildman–Crippen MR) is 111 cm³/mol. The van der Waals surface area contributed by atoms with Crippen LogP contribution in [-0.2, 0) is 21.4 Å². The standard InChI is InChI=1S/C19H17IN2O4S/c20-15-6-4-7-16(12-15)21-19(23)14-22(13-17-8-5-11-26-17)27(24,25)18-9-2-1-3-10-18/h1-12H,13-14H2,(H,21,23). The number of carbonyl (C=O) groups is 1. The lowest BCUT2D eigenvalue weighted by Crippen LogP contribution is -2.37. The van der Waals surface area contributed by atoms with Crippen LogP contribution in [0.25, 0.3) is 0 Å². The average molecular weight is 496 g/mol. The Bertz CT molecular complexity index is 1010. The lowest BCUT2D eigenvalue weighted by Gasteiger charge is -2.21. The van der Waals surface area contributed by atoms with Crippen molar-refractivity contribution in [1.29, 1.82) is 0 Å². The highest BCUT2D eigenvalue weighted by Crippen LogP contribution is 2.19. The third-order valence-electron chi connectivity index (χ3n) is 3.72. The highest BCUT2D eigenvalue weighted by Gasteiger charge is 2.27. The van der Waals surface area contributed by atoms with E-state index in [0.29, 0.717) is 11.4 Å². The summed E-state index contributed by atoms with van der Waals surface area (Å²) >= 11 is 2.14. The minimum Gasteiger partial charge on any atom is -0.468 e. The largest absolute Gasteiger partial charge is 0.468 e. The summed E-state index contributed by atoms with van der Waals surface area (Å²) < 4.78 is 33.3. The zero-order valence-corrected chi connectivity index (χ0v) is 17.2. The van der Waals surface area contributed by atoms with Gasteiger partial charge in [-0.3, -0.25) is 4.79 Å². The lowest BCUT2D eigenvalue weighted by atomic mass is 10.3. The van der Waals surface area contributed by atoms with Crippen LogP contribution in [0.1, 0.15) is 5.76 Å². The van der Waals surface area contributed by atoms with Crippen LogP contribution < -0.4 is 5.32 Å². The molecule has 0 aliphatic heterocycles. The number of hydrogen-bond donors (Lipinski definition) is 1. The van der Waals surface area contributed by atoms with Gasteiger partial charge in [0.15, 0.2) is 0 Å². The summed E-state index contributed by atoms with van der Waals surface area (Å²) in [5, 5.41) is 2.74. The summed E-state index contributed by atoms with van der Waals surface area (Å²) in [4.78, 5) is 12.6.